The van der Waals surface area contributed by atoms with Gasteiger partial charge in [-0.3, -0.25) is 14.9 Å². The molecule has 2 amide bonds. The second-order valence-electron chi connectivity index (χ2n) is 8.50. The number of alkyl carbamates (subject to hydrolysis) is 1. The minimum atomic E-state index is -0.909. The minimum Gasteiger partial charge on any atom is -0.494 e. The first-order valence-electron chi connectivity index (χ1n) is 10.3. The molecule has 1 fully saturated rings. The topological polar surface area (TPSA) is 149 Å². The summed E-state index contributed by atoms with van der Waals surface area (Å²) in [4.78, 5) is 50.1. The number of amides is 2. The van der Waals surface area contributed by atoms with Gasteiger partial charge >= 0.3 is 12.1 Å². The monoisotopic (exact) mass is 466 g/mol. The number of nitrogens with zero attached hydrogens (tertiary/aromatic N) is 2. The normalized spacial score (nSPS) is 18.2. The van der Waals surface area contributed by atoms with Crippen molar-refractivity contribution in [2.45, 2.75) is 51.3 Å². The fraction of sp³-hybridized carbons (Fsp3) is 0.571. The third kappa shape index (κ3) is 6.24. The number of ether oxygens (including phenoxy) is 3. The number of nitrogens with one attached hydrogen (secondary N) is 2. The number of anilines is 1. The van der Waals surface area contributed by atoms with Crippen molar-refractivity contribution in [1.29, 1.82) is 0 Å². The Kier molecular flexibility index (Phi) is 8.07. The summed E-state index contributed by atoms with van der Waals surface area (Å²) in [5, 5.41) is 17.0. The number of esters is 1. The number of carbonyl (C=O) groups excluding carboxylic acids is 3. The molecule has 1 aliphatic rings. The number of hydrogen-bond acceptors (Lipinski definition) is 9. The summed E-state index contributed by atoms with van der Waals surface area (Å²) in [5.41, 5.74) is -0.973. The van der Waals surface area contributed by atoms with Crippen LogP contribution in [-0.2, 0) is 14.3 Å². The molecule has 33 heavy (non-hydrogen) atoms. The van der Waals surface area contributed by atoms with E-state index >= 15 is 0 Å². The van der Waals surface area contributed by atoms with Gasteiger partial charge in [-0.15, -0.1) is 0 Å². The Labute approximate surface area is 191 Å². The maximum absolute atomic E-state index is 13.4. The summed E-state index contributed by atoms with van der Waals surface area (Å²) in [6.45, 7) is 5.17. The van der Waals surface area contributed by atoms with Crippen molar-refractivity contribution in [2.75, 3.05) is 33.1 Å². The van der Waals surface area contributed by atoms with Gasteiger partial charge in [0.25, 0.3) is 11.6 Å². The zero-order valence-corrected chi connectivity index (χ0v) is 19.6. The Bertz CT molecular complexity index is 928. The number of piperidine rings is 1. The van der Waals surface area contributed by atoms with E-state index in [1.54, 1.807) is 20.8 Å². The van der Waals surface area contributed by atoms with Gasteiger partial charge in [0.1, 0.15) is 17.4 Å². The molecule has 0 aromatic heterocycles. The molecule has 0 bridgehead atoms. The summed E-state index contributed by atoms with van der Waals surface area (Å²) in [7, 11) is 4.04. The molecule has 1 aromatic carbocycles. The molecular formula is C21H30N4O8. The molecule has 12 nitrogen and oxygen atoms in total. The standard InChI is InChI=1S/C21H30N4O8/c1-21(2,3)33-20(28)23-13-7-8-14(19(27)32-6)24(11-13)18(26)12-9-15(25(29)30)17(22-4)16(10-12)31-5/h9-10,13-14,22H,7-8,11H2,1-6H3,(H,23,28)/t13?,14-/m1/s1. The van der Waals surface area contributed by atoms with Crippen LogP contribution < -0.4 is 15.4 Å². The van der Waals surface area contributed by atoms with Crippen LogP contribution in [0.5, 0.6) is 5.75 Å². The van der Waals surface area contributed by atoms with Gasteiger partial charge in [-0.25, -0.2) is 9.59 Å². The van der Waals surface area contributed by atoms with Crippen molar-refractivity contribution >= 4 is 29.3 Å². The van der Waals surface area contributed by atoms with Crippen molar-refractivity contribution in [3.63, 3.8) is 0 Å². The van der Waals surface area contributed by atoms with Crippen LogP contribution in [0.25, 0.3) is 0 Å². The molecule has 0 radical (unpaired) electrons. The summed E-state index contributed by atoms with van der Waals surface area (Å²) in [5.74, 6) is -1.15. The Morgan fingerprint density at radius 3 is 2.36 bits per heavy atom. The van der Waals surface area contributed by atoms with Crippen LogP contribution in [0.15, 0.2) is 12.1 Å². The predicted molar refractivity (Wildman–Crippen MR) is 118 cm³/mol. The van der Waals surface area contributed by atoms with Crippen LogP contribution in [0.4, 0.5) is 16.2 Å². The van der Waals surface area contributed by atoms with Gasteiger partial charge in [0.15, 0.2) is 5.69 Å². The van der Waals surface area contributed by atoms with Crippen molar-refractivity contribution in [3.05, 3.63) is 27.8 Å². The number of methoxy groups -OCH3 is 2. The largest absolute Gasteiger partial charge is 0.494 e. The van der Waals surface area contributed by atoms with Crippen molar-refractivity contribution in [3.8, 4) is 5.75 Å². The fourth-order valence-corrected chi connectivity index (χ4v) is 3.61. The van der Waals surface area contributed by atoms with Crippen LogP contribution in [0.1, 0.15) is 44.0 Å². The first-order valence-corrected chi connectivity index (χ1v) is 10.3. The third-order valence-electron chi connectivity index (χ3n) is 5.03. The minimum absolute atomic E-state index is 0.0122. The molecular weight excluding hydrogens is 436 g/mol. The molecule has 2 N–H and O–H groups in total. The van der Waals surface area contributed by atoms with Crippen LogP contribution in [0.2, 0.25) is 0 Å². The number of hydrogen-bond donors (Lipinski definition) is 2. The highest BCUT2D eigenvalue weighted by Gasteiger charge is 2.39. The van der Waals surface area contributed by atoms with Crippen LogP contribution in [0, 0.1) is 10.1 Å². The molecule has 0 spiro atoms. The average molecular weight is 466 g/mol. The van der Waals surface area contributed by atoms with Gasteiger partial charge in [-0.2, -0.15) is 0 Å². The molecule has 1 heterocycles. The molecule has 1 unspecified atom stereocenters. The number of likely N-dealkylation sites (tertiary alicyclic amines) is 1. The summed E-state index contributed by atoms with van der Waals surface area (Å²) < 4.78 is 15.3. The number of carbonyl (C=O) groups is 3. The van der Waals surface area contributed by atoms with Gasteiger partial charge in [0.05, 0.1) is 24.7 Å². The van der Waals surface area contributed by atoms with Crippen molar-refractivity contribution in [2.24, 2.45) is 0 Å². The first-order chi connectivity index (χ1) is 15.4. The maximum atomic E-state index is 13.4. The molecule has 0 saturated carbocycles. The van der Waals surface area contributed by atoms with Crippen molar-refractivity contribution < 1.29 is 33.5 Å². The van der Waals surface area contributed by atoms with E-state index in [0.717, 1.165) is 6.07 Å². The molecule has 1 saturated heterocycles. The lowest BCUT2D eigenvalue weighted by atomic mass is 9.96. The lowest BCUT2D eigenvalue weighted by Crippen LogP contribution is -2.56. The van der Waals surface area contributed by atoms with Gasteiger partial charge in [0.2, 0.25) is 0 Å². The highest BCUT2D eigenvalue weighted by atomic mass is 16.6. The molecule has 1 aromatic rings. The molecule has 12 heteroatoms. The molecule has 1 aliphatic heterocycles. The number of nitro benzene ring substituents is 1. The summed E-state index contributed by atoms with van der Waals surface area (Å²) >= 11 is 0. The smallest absolute Gasteiger partial charge is 0.407 e. The maximum Gasteiger partial charge on any atom is 0.407 e. The second kappa shape index (κ2) is 10.4. The van der Waals surface area contributed by atoms with E-state index in [1.807, 2.05) is 0 Å². The van der Waals surface area contributed by atoms with Gasteiger partial charge in [-0.05, 0) is 39.7 Å². The quantitative estimate of drug-likeness (QED) is 0.366. The average Bonchev–Trinajstić information content (AvgIpc) is 2.75. The second-order valence-corrected chi connectivity index (χ2v) is 8.50. The van der Waals surface area contributed by atoms with Crippen LogP contribution >= 0.6 is 0 Å². The third-order valence-corrected chi connectivity index (χ3v) is 5.03. The first kappa shape index (κ1) is 25.7. The van der Waals surface area contributed by atoms with E-state index in [0.29, 0.717) is 6.42 Å². The zero-order chi connectivity index (χ0) is 24.9. The van der Waals surface area contributed by atoms with E-state index < -0.39 is 40.6 Å². The van der Waals surface area contributed by atoms with Crippen LogP contribution in [-0.4, -0.2) is 73.3 Å². The predicted octanol–water partition coefficient (Wildman–Crippen LogP) is 2.32. The zero-order valence-electron chi connectivity index (χ0n) is 19.6. The fourth-order valence-electron chi connectivity index (χ4n) is 3.61. The Hall–Kier alpha value is -3.57. The highest BCUT2D eigenvalue weighted by molar-refractivity contribution is 5.99. The van der Waals surface area contributed by atoms with E-state index in [2.05, 4.69) is 10.6 Å². The lowest BCUT2D eigenvalue weighted by molar-refractivity contribution is -0.384. The van der Waals surface area contributed by atoms with Gasteiger partial charge < -0.3 is 29.7 Å². The SMILES string of the molecule is CNc1c(OC)cc(C(=O)N2CC(NC(=O)OC(C)(C)C)CC[C@@H]2C(=O)OC)cc1[N+](=O)[O-]. The summed E-state index contributed by atoms with van der Waals surface area (Å²) in [6.07, 6.45) is -0.00964. The van der Waals surface area contributed by atoms with E-state index in [9.17, 15) is 24.5 Å². The van der Waals surface area contributed by atoms with E-state index in [-0.39, 0.29) is 35.7 Å². The Balaban J connectivity index is 2.38. The Morgan fingerprint density at radius 1 is 1.18 bits per heavy atom. The number of rotatable bonds is 6. The lowest BCUT2D eigenvalue weighted by Gasteiger charge is -2.38. The van der Waals surface area contributed by atoms with E-state index in [4.69, 9.17) is 14.2 Å². The number of nitro groups is 1. The van der Waals surface area contributed by atoms with E-state index in [1.165, 1.54) is 32.2 Å². The summed E-state index contributed by atoms with van der Waals surface area (Å²) in [6, 6.07) is 1.09. The van der Waals surface area contributed by atoms with Gasteiger partial charge in [0, 0.05) is 25.7 Å². The molecule has 2 atom stereocenters. The molecule has 2 rings (SSSR count). The number of benzene rings is 1. The van der Waals surface area contributed by atoms with Gasteiger partial charge in [-0.1, -0.05) is 0 Å². The highest BCUT2D eigenvalue weighted by Crippen LogP contribution is 2.36. The molecule has 182 valence electrons. The van der Waals surface area contributed by atoms with Crippen LogP contribution in [0.3, 0.4) is 0 Å². The Morgan fingerprint density at radius 2 is 1.85 bits per heavy atom. The van der Waals surface area contributed by atoms with Crippen molar-refractivity contribution in [1.82, 2.24) is 10.2 Å². The molecule has 0 aliphatic carbocycles.